The molecule has 6 heteroatoms. The number of nitrogens with one attached hydrogen (secondary N) is 1. The number of thiophene rings is 1. The van der Waals surface area contributed by atoms with Crippen molar-refractivity contribution in [3.63, 3.8) is 0 Å². The average molecular weight is 298 g/mol. The molecule has 0 aliphatic rings. The van der Waals surface area contributed by atoms with Crippen LogP contribution in [0.15, 0.2) is 17.5 Å². The van der Waals surface area contributed by atoms with Gasteiger partial charge in [0.25, 0.3) is 5.91 Å². The summed E-state index contributed by atoms with van der Waals surface area (Å²) in [4.78, 5) is 26.0. The Kier molecular flexibility index (Phi) is 7.91. The Morgan fingerprint density at radius 1 is 1.40 bits per heavy atom. The maximum Gasteiger partial charge on any atom is 0.261 e. The first-order valence-corrected chi connectivity index (χ1v) is 7.77. The number of amides is 2. The molecule has 1 rings (SSSR count). The number of hydrogen-bond donors (Lipinski definition) is 2. The van der Waals surface area contributed by atoms with Crippen molar-refractivity contribution < 1.29 is 14.7 Å². The standard InChI is InChI=1S/C14H22N2O3S/c1-2-16(9-5-10-17)13(18)7-3-8-15-14(19)12-6-4-11-20-12/h4,6,11,17H,2-3,5,7-10H2,1H3,(H,15,19). The molecule has 112 valence electrons. The predicted octanol–water partition coefficient (Wildman–Crippen LogP) is 1.49. The minimum Gasteiger partial charge on any atom is -0.396 e. The third kappa shape index (κ3) is 5.71. The summed E-state index contributed by atoms with van der Waals surface area (Å²) in [7, 11) is 0. The molecule has 1 heterocycles. The first kappa shape index (κ1) is 16.7. The summed E-state index contributed by atoms with van der Waals surface area (Å²) in [6.45, 7) is 3.77. The van der Waals surface area contributed by atoms with Crippen LogP contribution < -0.4 is 5.32 Å². The van der Waals surface area contributed by atoms with Crippen molar-refractivity contribution in [3.05, 3.63) is 22.4 Å². The van der Waals surface area contributed by atoms with Gasteiger partial charge in [0.1, 0.15) is 0 Å². The van der Waals surface area contributed by atoms with Gasteiger partial charge in [-0.1, -0.05) is 6.07 Å². The molecule has 0 aliphatic carbocycles. The maximum atomic E-state index is 11.9. The summed E-state index contributed by atoms with van der Waals surface area (Å²) in [5.41, 5.74) is 0. The molecule has 0 radical (unpaired) electrons. The quantitative estimate of drug-likeness (QED) is 0.679. The molecule has 0 aliphatic heterocycles. The zero-order valence-electron chi connectivity index (χ0n) is 11.8. The van der Waals surface area contributed by atoms with E-state index in [0.717, 1.165) is 0 Å². The Labute approximate surface area is 123 Å². The van der Waals surface area contributed by atoms with Gasteiger partial charge in [-0.05, 0) is 31.2 Å². The van der Waals surface area contributed by atoms with Crippen molar-refractivity contribution in [2.24, 2.45) is 0 Å². The summed E-state index contributed by atoms with van der Waals surface area (Å²) in [5, 5.41) is 13.4. The monoisotopic (exact) mass is 298 g/mol. The Bertz CT molecular complexity index is 407. The molecule has 0 bridgehead atoms. The summed E-state index contributed by atoms with van der Waals surface area (Å²) >= 11 is 1.40. The van der Waals surface area contributed by atoms with Crippen LogP contribution in [0.4, 0.5) is 0 Å². The van der Waals surface area contributed by atoms with Gasteiger partial charge in [0, 0.05) is 32.7 Å². The highest BCUT2D eigenvalue weighted by molar-refractivity contribution is 7.12. The van der Waals surface area contributed by atoms with Gasteiger partial charge in [-0.15, -0.1) is 11.3 Å². The topological polar surface area (TPSA) is 69.6 Å². The van der Waals surface area contributed by atoms with Gasteiger partial charge in [-0.3, -0.25) is 9.59 Å². The highest BCUT2D eigenvalue weighted by atomic mass is 32.1. The molecule has 1 aromatic heterocycles. The molecule has 0 saturated carbocycles. The second-order valence-corrected chi connectivity index (χ2v) is 5.34. The molecule has 2 N–H and O–H groups in total. The van der Waals surface area contributed by atoms with Gasteiger partial charge in [-0.25, -0.2) is 0 Å². The second kappa shape index (κ2) is 9.50. The van der Waals surface area contributed by atoms with Gasteiger partial charge < -0.3 is 15.3 Å². The van der Waals surface area contributed by atoms with Crippen LogP contribution in [0.25, 0.3) is 0 Å². The smallest absolute Gasteiger partial charge is 0.261 e. The largest absolute Gasteiger partial charge is 0.396 e. The third-order valence-corrected chi connectivity index (χ3v) is 3.79. The van der Waals surface area contributed by atoms with E-state index in [0.29, 0.717) is 43.8 Å². The molecular weight excluding hydrogens is 276 g/mol. The number of carbonyl (C=O) groups is 2. The summed E-state index contributed by atoms with van der Waals surface area (Å²) in [6, 6.07) is 3.61. The highest BCUT2D eigenvalue weighted by Crippen LogP contribution is 2.07. The normalized spacial score (nSPS) is 10.3. The predicted molar refractivity (Wildman–Crippen MR) is 79.8 cm³/mol. The van der Waals surface area contributed by atoms with Gasteiger partial charge in [-0.2, -0.15) is 0 Å². The molecule has 5 nitrogen and oxygen atoms in total. The van der Waals surface area contributed by atoms with Gasteiger partial charge in [0.05, 0.1) is 4.88 Å². The van der Waals surface area contributed by atoms with Crippen molar-refractivity contribution in [2.45, 2.75) is 26.2 Å². The number of rotatable bonds is 9. The lowest BCUT2D eigenvalue weighted by atomic mass is 10.2. The van der Waals surface area contributed by atoms with E-state index in [2.05, 4.69) is 5.32 Å². The lowest BCUT2D eigenvalue weighted by Gasteiger charge is -2.20. The first-order chi connectivity index (χ1) is 9.69. The fraction of sp³-hybridized carbons (Fsp3) is 0.571. The molecule has 0 fully saturated rings. The lowest BCUT2D eigenvalue weighted by Crippen LogP contribution is -2.33. The van der Waals surface area contributed by atoms with Crippen LogP contribution in [0, 0.1) is 0 Å². The molecule has 2 amide bonds. The Hall–Kier alpha value is -1.40. The molecule has 0 saturated heterocycles. The van der Waals surface area contributed by atoms with Crippen molar-refractivity contribution in [1.82, 2.24) is 10.2 Å². The van der Waals surface area contributed by atoms with Crippen molar-refractivity contribution in [2.75, 3.05) is 26.2 Å². The van der Waals surface area contributed by atoms with Crippen LogP contribution in [-0.4, -0.2) is 48.1 Å². The molecular formula is C14H22N2O3S. The van der Waals surface area contributed by atoms with Crippen LogP contribution in [0.5, 0.6) is 0 Å². The number of aliphatic hydroxyl groups excluding tert-OH is 1. The first-order valence-electron chi connectivity index (χ1n) is 6.89. The number of carbonyl (C=O) groups excluding carboxylic acids is 2. The van der Waals surface area contributed by atoms with E-state index in [1.165, 1.54) is 11.3 Å². The molecule has 0 unspecified atom stereocenters. The second-order valence-electron chi connectivity index (χ2n) is 4.39. The van der Waals surface area contributed by atoms with Crippen molar-refractivity contribution in [3.8, 4) is 0 Å². The fourth-order valence-corrected chi connectivity index (χ4v) is 2.46. The van der Waals surface area contributed by atoms with Crippen LogP contribution in [0.2, 0.25) is 0 Å². The molecule has 0 aromatic carbocycles. The summed E-state index contributed by atoms with van der Waals surface area (Å²) in [5.74, 6) is -0.00796. The molecule has 0 atom stereocenters. The van der Waals surface area contributed by atoms with Crippen LogP contribution >= 0.6 is 11.3 Å². The zero-order chi connectivity index (χ0) is 14.8. The fourth-order valence-electron chi connectivity index (χ4n) is 1.82. The Balaban J connectivity index is 2.19. The van der Waals surface area contributed by atoms with Crippen LogP contribution in [-0.2, 0) is 4.79 Å². The summed E-state index contributed by atoms with van der Waals surface area (Å²) in [6.07, 6.45) is 1.66. The minimum atomic E-state index is -0.0833. The van der Waals surface area contributed by atoms with E-state index in [1.54, 1.807) is 11.0 Å². The zero-order valence-corrected chi connectivity index (χ0v) is 12.6. The van der Waals surface area contributed by atoms with E-state index in [-0.39, 0.29) is 18.4 Å². The maximum absolute atomic E-state index is 11.9. The Morgan fingerprint density at radius 3 is 2.80 bits per heavy atom. The van der Waals surface area contributed by atoms with E-state index in [1.807, 2.05) is 18.4 Å². The number of aliphatic hydroxyl groups is 1. The van der Waals surface area contributed by atoms with E-state index >= 15 is 0 Å². The highest BCUT2D eigenvalue weighted by Gasteiger charge is 2.11. The average Bonchev–Trinajstić information content (AvgIpc) is 2.98. The van der Waals surface area contributed by atoms with E-state index in [4.69, 9.17) is 5.11 Å². The summed E-state index contributed by atoms with van der Waals surface area (Å²) < 4.78 is 0. The van der Waals surface area contributed by atoms with E-state index < -0.39 is 0 Å². The number of hydrogen-bond acceptors (Lipinski definition) is 4. The Morgan fingerprint density at radius 2 is 2.20 bits per heavy atom. The van der Waals surface area contributed by atoms with E-state index in [9.17, 15) is 9.59 Å². The van der Waals surface area contributed by atoms with Crippen molar-refractivity contribution in [1.29, 1.82) is 0 Å². The van der Waals surface area contributed by atoms with Crippen LogP contribution in [0.3, 0.4) is 0 Å². The molecule has 0 spiro atoms. The lowest BCUT2D eigenvalue weighted by molar-refractivity contribution is -0.131. The van der Waals surface area contributed by atoms with Crippen molar-refractivity contribution >= 4 is 23.2 Å². The number of nitrogens with zero attached hydrogens (tertiary/aromatic N) is 1. The van der Waals surface area contributed by atoms with Gasteiger partial charge >= 0.3 is 0 Å². The van der Waals surface area contributed by atoms with Crippen LogP contribution in [0.1, 0.15) is 35.9 Å². The van der Waals surface area contributed by atoms with Gasteiger partial charge in [0.15, 0.2) is 0 Å². The minimum absolute atomic E-state index is 0.0753. The third-order valence-electron chi connectivity index (χ3n) is 2.92. The molecule has 20 heavy (non-hydrogen) atoms. The van der Waals surface area contributed by atoms with Gasteiger partial charge in [0.2, 0.25) is 5.91 Å². The molecule has 1 aromatic rings. The SMILES string of the molecule is CCN(CCCO)C(=O)CCCNC(=O)c1cccs1.